The molecule has 0 aliphatic heterocycles. The predicted octanol–water partition coefficient (Wildman–Crippen LogP) is 1.03. The molecule has 2 rings (SSSR count). The van der Waals surface area contributed by atoms with Crippen LogP contribution in [0.15, 0.2) is 29.4 Å². The zero-order chi connectivity index (χ0) is 14.7. The van der Waals surface area contributed by atoms with Gasteiger partial charge in [0.15, 0.2) is 0 Å². The molecular weight excluding hydrogens is 254 g/mol. The maximum atomic E-state index is 6.02. The third-order valence-electron chi connectivity index (χ3n) is 2.79. The van der Waals surface area contributed by atoms with Crippen LogP contribution in [0.1, 0.15) is 11.1 Å². The Morgan fingerprint density at radius 1 is 1.30 bits per heavy atom. The second kappa shape index (κ2) is 5.43. The molecule has 2 aromatic rings. The van der Waals surface area contributed by atoms with Crippen LogP contribution >= 0.6 is 0 Å². The van der Waals surface area contributed by atoms with Crippen molar-refractivity contribution in [1.29, 1.82) is 0 Å². The Morgan fingerprint density at radius 2 is 2.05 bits per heavy atom. The van der Waals surface area contributed by atoms with Crippen LogP contribution < -0.4 is 22.5 Å². The minimum Gasteiger partial charge on any atom is -0.399 e. The number of hydrogen-bond acceptors (Lipinski definition) is 6. The van der Waals surface area contributed by atoms with E-state index in [-0.39, 0.29) is 5.95 Å². The average Bonchev–Trinajstić information content (AvgIpc) is 2.42. The molecule has 0 aliphatic carbocycles. The molecule has 0 bridgehead atoms. The molecule has 0 amide bonds. The van der Waals surface area contributed by atoms with Crippen molar-refractivity contribution in [2.24, 2.45) is 10.7 Å². The van der Waals surface area contributed by atoms with E-state index in [4.69, 9.17) is 17.2 Å². The minimum atomic E-state index is 0.172. The lowest BCUT2D eigenvalue weighted by molar-refractivity contribution is 1.16. The molecule has 0 spiro atoms. The molecule has 0 saturated heterocycles. The van der Waals surface area contributed by atoms with E-state index >= 15 is 0 Å². The van der Waals surface area contributed by atoms with E-state index in [0.717, 1.165) is 5.56 Å². The second-order valence-corrected chi connectivity index (χ2v) is 4.28. The molecule has 1 aromatic carbocycles. The standard InChI is InChI=1S/C13H17N7/c1-7-3-4-8(14)5-10(7)19-11(15)9-6-18-13(16)20-12(9)17-2/h3-6H,14H2,1-2H3,(H2,15,19)(H3,16,17,18,20). The summed E-state index contributed by atoms with van der Waals surface area (Å²) in [7, 11) is 1.73. The molecule has 7 heteroatoms. The summed E-state index contributed by atoms with van der Waals surface area (Å²) in [6.45, 7) is 1.93. The number of nitrogens with one attached hydrogen (secondary N) is 1. The van der Waals surface area contributed by atoms with Crippen molar-refractivity contribution in [1.82, 2.24) is 9.97 Å². The summed E-state index contributed by atoms with van der Waals surface area (Å²) in [5, 5.41) is 2.91. The molecular formula is C13H17N7. The lowest BCUT2D eigenvalue weighted by Gasteiger charge is -2.08. The Kier molecular flexibility index (Phi) is 3.69. The first-order chi connectivity index (χ1) is 9.51. The number of nitrogens with zero attached hydrogens (tertiary/aromatic N) is 3. The number of aryl methyl sites for hydroxylation is 1. The maximum absolute atomic E-state index is 6.02. The van der Waals surface area contributed by atoms with Gasteiger partial charge in [-0.2, -0.15) is 4.98 Å². The highest BCUT2D eigenvalue weighted by molar-refractivity contribution is 6.03. The lowest BCUT2D eigenvalue weighted by Crippen LogP contribution is -2.17. The van der Waals surface area contributed by atoms with Gasteiger partial charge < -0.3 is 22.5 Å². The van der Waals surface area contributed by atoms with E-state index in [0.29, 0.717) is 28.6 Å². The second-order valence-electron chi connectivity index (χ2n) is 4.28. The molecule has 104 valence electrons. The third-order valence-corrected chi connectivity index (χ3v) is 2.79. The van der Waals surface area contributed by atoms with Gasteiger partial charge in [0.25, 0.3) is 0 Å². The Balaban J connectivity index is 2.47. The van der Waals surface area contributed by atoms with Crippen molar-refractivity contribution in [2.45, 2.75) is 6.92 Å². The SMILES string of the molecule is CNc1nc(N)ncc1C(N)=Nc1cc(N)ccc1C. The largest absolute Gasteiger partial charge is 0.399 e. The number of rotatable bonds is 3. The lowest BCUT2D eigenvalue weighted by atomic mass is 10.2. The van der Waals surface area contributed by atoms with Crippen LogP contribution in [-0.2, 0) is 0 Å². The van der Waals surface area contributed by atoms with Gasteiger partial charge in [-0.05, 0) is 24.6 Å². The van der Waals surface area contributed by atoms with Crippen LogP contribution in [0.2, 0.25) is 0 Å². The minimum absolute atomic E-state index is 0.172. The summed E-state index contributed by atoms with van der Waals surface area (Å²) >= 11 is 0. The van der Waals surface area contributed by atoms with Gasteiger partial charge in [0, 0.05) is 18.9 Å². The van der Waals surface area contributed by atoms with Gasteiger partial charge in [0.1, 0.15) is 11.7 Å². The summed E-state index contributed by atoms with van der Waals surface area (Å²) < 4.78 is 0. The normalized spacial score (nSPS) is 11.4. The topological polar surface area (TPSA) is 128 Å². The number of aromatic nitrogens is 2. The highest BCUT2D eigenvalue weighted by Gasteiger charge is 2.09. The molecule has 7 nitrogen and oxygen atoms in total. The van der Waals surface area contributed by atoms with Gasteiger partial charge in [-0.25, -0.2) is 9.98 Å². The van der Waals surface area contributed by atoms with Crippen LogP contribution in [0.4, 0.5) is 23.1 Å². The summed E-state index contributed by atoms with van der Waals surface area (Å²) in [6.07, 6.45) is 1.54. The first kappa shape index (κ1) is 13.6. The zero-order valence-electron chi connectivity index (χ0n) is 11.4. The molecule has 0 unspecified atom stereocenters. The highest BCUT2D eigenvalue weighted by Crippen LogP contribution is 2.22. The number of hydrogen-bond donors (Lipinski definition) is 4. The average molecular weight is 271 g/mol. The van der Waals surface area contributed by atoms with E-state index in [1.54, 1.807) is 13.1 Å². The molecule has 1 aromatic heterocycles. The van der Waals surface area contributed by atoms with Crippen molar-refractivity contribution in [3.05, 3.63) is 35.5 Å². The summed E-state index contributed by atoms with van der Waals surface area (Å²) in [5.74, 6) is 0.995. The number of amidine groups is 1. The number of nitrogens with two attached hydrogens (primary N) is 3. The molecule has 0 aliphatic rings. The van der Waals surface area contributed by atoms with E-state index in [9.17, 15) is 0 Å². The molecule has 7 N–H and O–H groups in total. The predicted molar refractivity (Wildman–Crippen MR) is 82.0 cm³/mol. The van der Waals surface area contributed by atoms with Gasteiger partial charge in [-0.1, -0.05) is 6.07 Å². The van der Waals surface area contributed by atoms with Gasteiger partial charge in [0.05, 0.1) is 11.3 Å². The van der Waals surface area contributed by atoms with E-state index in [1.165, 1.54) is 6.20 Å². The zero-order valence-corrected chi connectivity index (χ0v) is 11.4. The monoisotopic (exact) mass is 271 g/mol. The van der Waals surface area contributed by atoms with Gasteiger partial charge in [-0.15, -0.1) is 0 Å². The van der Waals surface area contributed by atoms with Crippen molar-refractivity contribution in [2.75, 3.05) is 23.8 Å². The van der Waals surface area contributed by atoms with Crippen molar-refractivity contribution < 1.29 is 0 Å². The maximum Gasteiger partial charge on any atom is 0.221 e. The number of nitrogen functional groups attached to an aromatic ring is 2. The molecule has 0 radical (unpaired) electrons. The van der Waals surface area contributed by atoms with Gasteiger partial charge in [-0.3, -0.25) is 0 Å². The van der Waals surface area contributed by atoms with Crippen LogP contribution in [0.25, 0.3) is 0 Å². The van der Waals surface area contributed by atoms with Crippen LogP contribution in [0.5, 0.6) is 0 Å². The molecule has 0 fully saturated rings. The highest BCUT2D eigenvalue weighted by atomic mass is 15.1. The summed E-state index contributed by atoms with van der Waals surface area (Å²) in [4.78, 5) is 12.4. The van der Waals surface area contributed by atoms with Gasteiger partial charge >= 0.3 is 0 Å². The molecule has 1 heterocycles. The van der Waals surface area contributed by atoms with Gasteiger partial charge in [0.2, 0.25) is 5.95 Å². The summed E-state index contributed by atoms with van der Waals surface area (Å²) in [5.41, 5.74) is 20.2. The quantitative estimate of drug-likeness (QED) is 0.375. The molecule has 0 atom stereocenters. The number of benzene rings is 1. The van der Waals surface area contributed by atoms with Crippen molar-refractivity contribution >= 4 is 29.0 Å². The Labute approximate surface area is 116 Å². The first-order valence-corrected chi connectivity index (χ1v) is 6.02. The Hall–Kier alpha value is -2.83. The van der Waals surface area contributed by atoms with Crippen molar-refractivity contribution in [3.63, 3.8) is 0 Å². The fourth-order valence-electron chi connectivity index (χ4n) is 1.71. The first-order valence-electron chi connectivity index (χ1n) is 6.02. The molecule has 20 heavy (non-hydrogen) atoms. The van der Waals surface area contributed by atoms with Crippen LogP contribution in [0.3, 0.4) is 0 Å². The van der Waals surface area contributed by atoms with Crippen LogP contribution in [-0.4, -0.2) is 22.9 Å². The van der Waals surface area contributed by atoms with E-state index < -0.39 is 0 Å². The fraction of sp³-hybridized carbons (Fsp3) is 0.154. The number of anilines is 3. The summed E-state index contributed by atoms with van der Waals surface area (Å²) in [6, 6.07) is 5.47. The van der Waals surface area contributed by atoms with Crippen LogP contribution in [0, 0.1) is 6.92 Å². The Bertz CT molecular complexity index is 664. The molecule has 0 saturated carbocycles. The fourth-order valence-corrected chi connectivity index (χ4v) is 1.71. The third kappa shape index (κ3) is 2.77. The Morgan fingerprint density at radius 3 is 2.75 bits per heavy atom. The number of aliphatic imine (C=N–C) groups is 1. The van der Waals surface area contributed by atoms with E-state index in [2.05, 4.69) is 20.3 Å². The van der Waals surface area contributed by atoms with Crippen molar-refractivity contribution in [3.8, 4) is 0 Å². The van der Waals surface area contributed by atoms with E-state index in [1.807, 2.05) is 19.1 Å². The smallest absolute Gasteiger partial charge is 0.221 e.